The number of anilines is 1. The summed E-state index contributed by atoms with van der Waals surface area (Å²) in [5.41, 5.74) is 9.04. The van der Waals surface area contributed by atoms with Crippen LogP contribution in [0.1, 0.15) is 11.1 Å². The second kappa shape index (κ2) is 5.38. The van der Waals surface area contributed by atoms with Gasteiger partial charge in [-0.3, -0.25) is 0 Å². The highest BCUT2D eigenvalue weighted by atomic mass is 32.1. The molecule has 0 spiro atoms. The lowest BCUT2D eigenvalue weighted by molar-refractivity contribution is 1.06. The molecule has 19 heavy (non-hydrogen) atoms. The van der Waals surface area contributed by atoms with Crippen molar-refractivity contribution in [3.05, 3.63) is 59.7 Å². The summed E-state index contributed by atoms with van der Waals surface area (Å²) in [6, 6.07) is 16.5. The van der Waals surface area contributed by atoms with E-state index in [4.69, 9.17) is 5.73 Å². The van der Waals surface area contributed by atoms with Crippen LogP contribution in [0.25, 0.3) is 10.9 Å². The maximum absolute atomic E-state index is 5.59. The molecule has 0 aliphatic rings. The van der Waals surface area contributed by atoms with Crippen LogP contribution in [0.4, 0.5) is 5.00 Å². The normalized spacial score (nSPS) is 10.8. The summed E-state index contributed by atoms with van der Waals surface area (Å²) in [6.07, 6.45) is 0. The molecule has 4 heteroatoms. The fourth-order valence-corrected chi connectivity index (χ4v) is 2.75. The van der Waals surface area contributed by atoms with Crippen molar-refractivity contribution >= 4 is 27.4 Å². The number of hydrogen-bond acceptors (Lipinski definition) is 4. The van der Waals surface area contributed by atoms with Crippen molar-refractivity contribution in [1.82, 2.24) is 4.37 Å². The number of nitrogens with two attached hydrogens (primary N) is 1. The van der Waals surface area contributed by atoms with E-state index < -0.39 is 0 Å². The SMILES string of the molecule is NCc1ccc(CNc2snc3ccccc23)cc1. The van der Waals surface area contributed by atoms with Gasteiger partial charge in [-0.1, -0.05) is 36.4 Å². The minimum atomic E-state index is 0.590. The first-order valence-corrected chi connectivity index (χ1v) is 7.00. The van der Waals surface area contributed by atoms with Gasteiger partial charge < -0.3 is 11.1 Å². The third-order valence-electron chi connectivity index (χ3n) is 3.10. The number of fused-ring (bicyclic) bond motifs is 1. The lowest BCUT2D eigenvalue weighted by Crippen LogP contribution is -2.00. The molecule has 1 heterocycles. The molecule has 0 aliphatic carbocycles. The molecule has 3 rings (SSSR count). The Morgan fingerprint density at radius 3 is 2.53 bits per heavy atom. The fraction of sp³-hybridized carbons (Fsp3) is 0.133. The predicted molar refractivity (Wildman–Crippen MR) is 81.3 cm³/mol. The lowest BCUT2D eigenvalue weighted by atomic mass is 10.1. The Kier molecular flexibility index (Phi) is 3.44. The fourth-order valence-electron chi connectivity index (χ4n) is 1.99. The zero-order valence-electron chi connectivity index (χ0n) is 10.5. The highest BCUT2D eigenvalue weighted by molar-refractivity contribution is 7.11. The van der Waals surface area contributed by atoms with Crippen molar-refractivity contribution in [2.24, 2.45) is 5.73 Å². The van der Waals surface area contributed by atoms with Gasteiger partial charge in [0.2, 0.25) is 0 Å². The molecule has 3 nitrogen and oxygen atoms in total. The van der Waals surface area contributed by atoms with Crippen LogP contribution in [-0.4, -0.2) is 4.37 Å². The minimum absolute atomic E-state index is 0.590. The lowest BCUT2D eigenvalue weighted by Gasteiger charge is -2.05. The molecule has 96 valence electrons. The van der Waals surface area contributed by atoms with Gasteiger partial charge in [-0.2, -0.15) is 4.37 Å². The molecule has 0 unspecified atom stereocenters. The maximum atomic E-state index is 5.59. The molecule has 0 aliphatic heterocycles. The van der Waals surface area contributed by atoms with E-state index in [2.05, 4.69) is 40.0 Å². The van der Waals surface area contributed by atoms with Crippen LogP contribution in [-0.2, 0) is 13.1 Å². The monoisotopic (exact) mass is 269 g/mol. The third-order valence-corrected chi connectivity index (χ3v) is 3.93. The Hall–Kier alpha value is -1.91. The van der Waals surface area contributed by atoms with Crippen LogP contribution in [0.3, 0.4) is 0 Å². The smallest absolute Gasteiger partial charge is 0.117 e. The average Bonchev–Trinajstić information content (AvgIpc) is 2.89. The van der Waals surface area contributed by atoms with Crippen molar-refractivity contribution in [2.45, 2.75) is 13.1 Å². The molecule has 1 aromatic heterocycles. The zero-order valence-corrected chi connectivity index (χ0v) is 11.3. The van der Waals surface area contributed by atoms with E-state index in [0.29, 0.717) is 6.54 Å². The van der Waals surface area contributed by atoms with Gasteiger partial charge in [0.25, 0.3) is 0 Å². The van der Waals surface area contributed by atoms with Crippen LogP contribution < -0.4 is 11.1 Å². The number of nitrogens with zero attached hydrogens (tertiary/aromatic N) is 1. The van der Waals surface area contributed by atoms with Gasteiger partial charge in [0.05, 0.1) is 5.52 Å². The Balaban J connectivity index is 1.74. The van der Waals surface area contributed by atoms with Crippen molar-refractivity contribution in [3.8, 4) is 0 Å². The van der Waals surface area contributed by atoms with Gasteiger partial charge >= 0.3 is 0 Å². The summed E-state index contributed by atoms with van der Waals surface area (Å²) >= 11 is 1.51. The van der Waals surface area contributed by atoms with Gasteiger partial charge in [0, 0.05) is 18.5 Å². The number of benzene rings is 2. The summed E-state index contributed by atoms with van der Waals surface area (Å²) < 4.78 is 4.42. The molecule has 0 saturated heterocycles. The number of rotatable bonds is 4. The summed E-state index contributed by atoms with van der Waals surface area (Å²) in [5.74, 6) is 0. The molecule has 3 aromatic rings. The number of nitrogens with one attached hydrogen (secondary N) is 1. The van der Waals surface area contributed by atoms with Crippen molar-refractivity contribution in [1.29, 1.82) is 0 Å². The van der Waals surface area contributed by atoms with Gasteiger partial charge in [-0.25, -0.2) is 0 Å². The molecule has 0 radical (unpaired) electrons. The summed E-state index contributed by atoms with van der Waals surface area (Å²) in [7, 11) is 0. The van der Waals surface area contributed by atoms with E-state index in [9.17, 15) is 0 Å². The van der Waals surface area contributed by atoms with E-state index in [0.717, 1.165) is 22.6 Å². The average molecular weight is 269 g/mol. The van der Waals surface area contributed by atoms with Crippen LogP contribution in [0.2, 0.25) is 0 Å². The van der Waals surface area contributed by atoms with E-state index in [-0.39, 0.29) is 0 Å². The second-order valence-electron chi connectivity index (χ2n) is 4.40. The standard InChI is InChI=1S/C15H15N3S/c16-9-11-5-7-12(8-6-11)10-17-15-13-3-1-2-4-14(13)18-19-15/h1-8,17H,9-10,16H2. The zero-order chi connectivity index (χ0) is 13.1. The topological polar surface area (TPSA) is 50.9 Å². The van der Waals surface area contributed by atoms with Crippen LogP contribution in [0.5, 0.6) is 0 Å². The summed E-state index contributed by atoms with van der Waals surface area (Å²) in [4.78, 5) is 0. The molecule has 0 saturated carbocycles. The summed E-state index contributed by atoms with van der Waals surface area (Å²) in [5, 5.41) is 5.76. The third kappa shape index (κ3) is 2.59. The van der Waals surface area contributed by atoms with Gasteiger partial charge in [0.1, 0.15) is 5.00 Å². The Labute approximate surface area is 116 Å². The van der Waals surface area contributed by atoms with E-state index in [1.165, 1.54) is 22.5 Å². The van der Waals surface area contributed by atoms with Crippen molar-refractivity contribution < 1.29 is 0 Å². The highest BCUT2D eigenvalue weighted by Gasteiger charge is 2.04. The molecule has 2 aromatic carbocycles. The van der Waals surface area contributed by atoms with Crippen LogP contribution in [0.15, 0.2) is 48.5 Å². The Bertz CT molecular complexity index is 673. The minimum Gasteiger partial charge on any atom is -0.371 e. The Morgan fingerprint density at radius 1 is 1.00 bits per heavy atom. The molecule has 0 amide bonds. The molecular weight excluding hydrogens is 254 g/mol. The van der Waals surface area contributed by atoms with Crippen molar-refractivity contribution in [2.75, 3.05) is 5.32 Å². The Morgan fingerprint density at radius 2 is 1.74 bits per heavy atom. The second-order valence-corrected chi connectivity index (χ2v) is 5.18. The van der Waals surface area contributed by atoms with Crippen LogP contribution in [0, 0.1) is 0 Å². The van der Waals surface area contributed by atoms with Crippen molar-refractivity contribution in [3.63, 3.8) is 0 Å². The molecular formula is C15H15N3S. The largest absolute Gasteiger partial charge is 0.371 e. The predicted octanol–water partition coefficient (Wildman–Crippen LogP) is 3.37. The van der Waals surface area contributed by atoms with E-state index in [1.54, 1.807) is 0 Å². The highest BCUT2D eigenvalue weighted by Crippen LogP contribution is 2.27. The first kappa shape index (κ1) is 12.1. The number of aromatic nitrogens is 1. The van der Waals surface area contributed by atoms with Crippen LogP contribution >= 0.6 is 11.5 Å². The number of hydrogen-bond donors (Lipinski definition) is 2. The van der Waals surface area contributed by atoms with Gasteiger partial charge in [0.15, 0.2) is 0 Å². The van der Waals surface area contributed by atoms with E-state index in [1.807, 2.05) is 18.2 Å². The summed E-state index contributed by atoms with van der Waals surface area (Å²) in [6.45, 7) is 1.39. The molecule has 3 N–H and O–H groups in total. The first-order chi connectivity index (χ1) is 9.36. The molecule has 0 atom stereocenters. The maximum Gasteiger partial charge on any atom is 0.117 e. The first-order valence-electron chi connectivity index (χ1n) is 6.23. The molecule has 0 bridgehead atoms. The van der Waals surface area contributed by atoms with Gasteiger partial charge in [-0.15, -0.1) is 0 Å². The van der Waals surface area contributed by atoms with Gasteiger partial charge in [-0.05, 0) is 34.8 Å². The van der Waals surface area contributed by atoms with E-state index >= 15 is 0 Å². The quantitative estimate of drug-likeness (QED) is 0.763. The molecule has 0 fully saturated rings.